The van der Waals surface area contributed by atoms with Crippen molar-refractivity contribution in [2.45, 2.75) is 6.54 Å². The van der Waals surface area contributed by atoms with Gasteiger partial charge in [0.25, 0.3) is 5.91 Å². The van der Waals surface area contributed by atoms with Crippen LogP contribution in [-0.2, 0) is 28.4 Å². The standard InChI is InChI=1S/C15H13F2N2O2.C5H5.Fe/c16-11-5-6-12(13(17)7-11)15(21)19-9-14(20)18-8-10-3-1-2-4-10;1-2-4-5-3-1;/h1-7H,8-9H2,(H,18,20)(H,19,21);1-5H;/q2*-1;+2. The van der Waals surface area contributed by atoms with Gasteiger partial charge in [0.1, 0.15) is 11.6 Å². The third-order valence-corrected chi connectivity index (χ3v) is 3.36. The van der Waals surface area contributed by atoms with Gasteiger partial charge in [0.2, 0.25) is 5.91 Å². The average molecular weight is 412 g/mol. The summed E-state index contributed by atoms with van der Waals surface area (Å²) in [5.41, 5.74) is 0.638. The normalized spacial score (nSPS) is 9.41. The van der Waals surface area contributed by atoms with Gasteiger partial charge in [-0.1, -0.05) is 0 Å². The summed E-state index contributed by atoms with van der Waals surface area (Å²) in [6, 6.07) is 20.0. The zero-order valence-corrected chi connectivity index (χ0v) is 15.4. The number of hydrogen-bond acceptors (Lipinski definition) is 2. The number of nitrogens with one attached hydrogen (secondary N) is 2. The Hall–Kier alpha value is -2.76. The van der Waals surface area contributed by atoms with Crippen LogP contribution in [0.15, 0.2) is 72.8 Å². The Morgan fingerprint density at radius 3 is 2.26 bits per heavy atom. The van der Waals surface area contributed by atoms with Crippen LogP contribution >= 0.6 is 0 Å². The maximum Gasteiger partial charge on any atom is 2.00 e. The average Bonchev–Trinajstić information content (AvgIpc) is 3.33. The first kappa shape index (κ1) is 22.3. The third kappa shape index (κ3) is 7.98. The van der Waals surface area contributed by atoms with E-state index in [0.717, 1.165) is 17.7 Å². The molecule has 142 valence electrons. The van der Waals surface area contributed by atoms with E-state index in [2.05, 4.69) is 10.6 Å². The van der Waals surface area contributed by atoms with E-state index in [1.165, 1.54) is 0 Å². The molecule has 0 saturated carbocycles. The van der Waals surface area contributed by atoms with E-state index in [0.29, 0.717) is 12.6 Å². The molecule has 3 aromatic carbocycles. The molecular weight excluding hydrogens is 394 g/mol. The van der Waals surface area contributed by atoms with Crippen LogP contribution in [-0.4, -0.2) is 18.4 Å². The van der Waals surface area contributed by atoms with Gasteiger partial charge < -0.3 is 10.6 Å². The summed E-state index contributed by atoms with van der Waals surface area (Å²) in [4.78, 5) is 23.2. The van der Waals surface area contributed by atoms with E-state index in [1.807, 2.05) is 54.6 Å². The largest absolute Gasteiger partial charge is 2.00 e. The molecule has 3 aromatic rings. The predicted molar refractivity (Wildman–Crippen MR) is 94.6 cm³/mol. The van der Waals surface area contributed by atoms with Crippen LogP contribution in [0.4, 0.5) is 8.78 Å². The summed E-state index contributed by atoms with van der Waals surface area (Å²) < 4.78 is 26.1. The zero-order chi connectivity index (χ0) is 18.8. The maximum absolute atomic E-state index is 13.4. The minimum absolute atomic E-state index is 0. The molecule has 0 fully saturated rings. The second-order valence-corrected chi connectivity index (χ2v) is 5.34. The summed E-state index contributed by atoms with van der Waals surface area (Å²) in [5.74, 6) is -2.90. The van der Waals surface area contributed by atoms with Gasteiger partial charge in [-0.15, -0.1) is 0 Å². The van der Waals surface area contributed by atoms with E-state index in [9.17, 15) is 18.4 Å². The number of carbonyl (C=O) groups excluding carboxylic acids is 2. The Morgan fingerprint density at radius 1 is 0.963 bits per heavy atom. The molecule has 0 aromatic heterocycles. The van der Waals surface area contributed by atoms with E-state index in [4.69, 9.17) is 0 Å². The van der Waals surface area contributed by atoms with Crippen molar-refractivity contribution < 1.29 is 35.4 Å². The summed E-state index contributed by atoms with van der Waals surface area (Å²) in [5, 5.41) is 4.88. The van der Waals surface area contributed by atoms with E-state index in [-0.39, 0.29) is 29.2 Å². The molecule has 7 heteroatoms. The molecule has 0 saturated heterocycles. The smallest absolute Gasteiger partial charge is 0.363 e. The second kappa shape index (κ2) is 11.8. The van der Waals surface area contributed by atoms with Crippen molar-refractivity contribution >= 4 is 11.8 Å². The van der Waals surface area contributed by atoms with E-state index >= 15 is 0 Å². The van der Waals surface area contributed by atoms with Gasteiger partial charge in [0.15, 0.2) is 0 Å². The van der Waals surface area contributed by atoms with Crippen LogP contribution in [0.5, 0.6) is 0 Å². The van der Waals surface area contributed by atoms with Crippen molar-refractivity contribution in [2.24, 2.45) is 0 Å². The van der Waals surface area contributed by atoms with Crippen molar-refractivity contribution in [1.82, 2.24) is 10.6 Å². The van der Waals surface area contributed by atoms with Crippen LogP contribution in [0.3, 0.4) is 0 Å². The van der Waals surface area contributed by atoms with E-state index < -0.39 is 23.4 Å². The van der Waals surface area contributed by atoms with Crippen LogP contribution in [0.25, 0.3) is 0 Å². The van der Waals surface area contributed by atoms with Gasteiger partial charge in [0, 0.05) is 6.07 Å². The molecule has 27 heavy (non-hydrogen) atoms. The molecule has 0 heterocycles. The number of hydrogen-bond donors (Lipinski definition) is 2. The molecule has 0 unspecified atom stereocenters. The number of amides is 2. The van der Waals surface area contributed by atoms with Gasteiger partial charge in [-0.25, -0.2) is 27.0 Å². The Balaban J connectivity index is 0.000000526. The van der Waals surface area contributed by atoms with Crippen molar-refractivity contribution in [2.75, 3.05) is 6.54 Å². The Kier molecular flexibility index (Phi) is 9.72. The summed E-state index contributed by atoms with van der Waals surface area (Å²) in [6.45, 7) is 0.0724. The molecule has 0 aliphatic carbocycles. The molecular formula is C20H18F2FeN2O2. The predicted octanol–water partition coefficient (Wildman–Crippen LogP) is 3.13. The molecule has 2 N–H and O–H groups in total. The molecule has 3 rings (SSSR count). The van der Waals surface area contributed by atoms with E-state index in [1.54, 1.807) is 0 Å². The number of carbonyl (C=O) groups is 2. The molecule has 0 spiro atoms. The minimum atomic E-state index is -0.968. The molecule has 0 aliphatic rings. The van der Waals surface area contributed by atoms with Crippen molar-refractivity contribution in [3.8, 4) is 0 Å². The van der Waals surface area contributed by atoms with Crippen LogP contribution in [0.2, 0.25) is 0 Å². The summed E-state index contributed by atoms with van der Waals surface area (Å²) >= 11 is 0. The molecule has 0 bridgehead atoms. The Morgan fingerprint density at radius 2 is 1.70 bits per heavy atom. The molecule has 0 aliphatic heterocycles. The molecule has 0 radical (unpaired) electrons. The first-order valence-corrected chi connectivity index (χ1v) is 7.93. The van der Waals surface area contributed by atoms with Crippen LogP contribution in [0.1, 0.15) is 15.9 Å². The third-order valence-electron chi connectivity index (χ3n) is 3.36. The minimum Gasteiger partial charge on any atom is -0.363 e. The first-order valence-electron chi connectivity index (χ1n) is 7.93. The van der Waals surface area contributed by atoms with Gasteiger partial charge in [-0.2, -0.15) is 42.0 Å². The zero-order valence-electron chi connectivity index (χ0n) is 14.3. The number of benzene rings is 1. The van der Waals surface area contributed by atoms with Crippen LogP contribution in [0, 0.1) is 11.6 Å². The molecule has 2 amide bonds. The molecule has 4 nitrogen and oxygen atoms in total. The SMILES string of the molecule is O=C(CNC(=O)c1ccc(F)cc1F)NCc1cc[cH-]c1.[Fe+2].c1cc[cH-]c1. The Labute approximate surface area is 166 Å². The Bertz CT molecular complexity index is 801. The summed E-state index contributed by atoms with van der Waals surface area (Å²) in [6.07, 6.45) is 0. The fourth-order valence-corrected chi connectivity index (χ4v) is 2.05. The fraction of sp³-hybridized carbons (Fsp3) is 0.100. The van der Waals surface area contributed by atoms with Crippen molar-refractivity contribution in [3.63, 3.8) is 0 Å². The molecule has 0 atom stereocenters. The second-order valence-electron chi connectivity index (χ2n) is 5.34. The number of halogens is 2. The van der Waals surface area contributed by atoms with Crippen molar-refractivity contribution in [3.05, 3.63) is 95.6 Å². The first-order chi connectivity index (χ1) is 12.6. The maximum atomic E-state index is 13.4. The summed E-state index contributed by atoms with van der Waals surface area (Å²) in [7, 11) is 0. The van der Waals surface area contributed by atoms with Crippen LogP contribution < -0.4 is 10.6 Å². The van der Waals surface area contributed by atoms with Crippen molar-refractivity contribution in [1.29, 1.82) is 0 Å². The monoisotopic (exact) mass is 412 g/mol. The topological polar surface area (TPSA) is 58.2 Å². The number of rotatable bonds is 5. The van der Waals surface area contributed by atoms with Gasteiger partial charge in [-0.05, 0) is 18.7 Å². The fourth-order valence-electron chi connectivity index (χ4n) is 2.05. The van der Waals surface area contributed by atoms with Gasteiger partial charge in [-0.3, -0.25) is 9.59 Å². The quantitative estimate of drug-likeness (QED) is 0.500. The van der Waals surface area contributed by atoms with Gasteiger partial charge >= 0.3 is 17.1 Å². The van der Waals surface area contributed by atoms with Gasteiger partial charge in [0.05, 0.1) is 12.1 Å².